The molecule has 0 aromatic heterocycles. The van der Waals surface area contributed by atoms with Crippen LogP contribution in [0.1, 0.15) is 23.1 Å². The third kappa shape index (κ3) is 3.97. The first kappa shape index (κ1) is 17.0. The van der Waals surface area contributed by atoms with E-state index in [4.69, 9.17) is 0 Å². The van der Waals surface area contributed by atoms with Gasteiger partial charge in [-0.3, -0.25) is 9.59 Å². The summed E-state index contributed by atoms with van der Waals surface area (Å²) >= 11 is 0. The fourth-order valence-corrected chi connectivity index (χ4v) is 3.20. The molecule has 0 radical (unpaired) electrons. The van der Waals surface area contributed by atoms with Crippen molar-refractivity contribution >= 4 is 24.0 Å². The number of para-hydroxylation sites is 1. The topological polar surface area (TPSA) is 49.4 Å². The van der Waals surface area contributed by atoms with Crippen LogP contribution in [0.25, 0.3) is 6.08 Å². The second-order valence-corrected chi connectivity index (χ2v) is 6.19. The molecule has 1 aliphatic rings. The van der Waals surface area contributed by atoms with Crippen LogP contribution in [-0.2, 0) is 22.6 Å². The van der Waals surface area contributed by atoms with E-state index in [9.17, 15) is 9.59 Å². The summed E-state index contributed by atoms with van der Waals surface area (Å²) in [6, 6.07) is 16.5. The van der Waals surface area contributed by atoms with Crippen LogP contribution in [0.4, 0.5) is 5.69 Å². The number of fused-ring (bicyclic) bond motifs is 1. The standard InChI is InChI=1S/C21H22N2O2/c1-22-21(25)13-16(15-24)12-18-7-4-5-9-20(18)23-11-10-17-6-2-3-8-19(17)14-23/h2-9,12,15H,10-11,13-14H2,1H3,(H,22,25)/b16-12+. The van der Waals surface area contributed by atoms with Gasteiger partial charge in [0, 0.05) is 31.4 Å². The van der Waals surface area contributed by atoms with Crippen LogP contribution in [0.3, 0.4) is 0 Å². The average molecular weight is 334 g/mol. The summed E-state index contributed by atoms with van der Waals surface area (Å²) in [5.74, 6) is -0.164. The summed E-state index contributed by atoms with van der Waals surface area (Å²) < 4.78 is 0. The summed E-state index contributed by atoms with van der Waals surface area (Å²) in [6.45, 7) is 1.79. The minimum atomic E-state index is -0.164. The number of carbonyl (C=O) groups is 2. The van der Waals surface area contributed by atoms with Crippen molar-refractivity contribution in [2.24, 2.45) is 0 Å². The zero-order valence-electron chi connectivity index (χ0n) is 14.4. The Morgan fingerprint density at radius 1 is 1.12 bits per heavy atom. The third-order valence-electron chi connectivity index (χ3n) is 4.54. The number of nitrogens with one attached hydrogen (secondary N) is 1. The Labute approximate surface area is 148 Å². The lowest BCUT2D eigenvalue weighted by atomic mass is 9.98. The van der Waals surface area contributed by atoms with Gasteiger partial charge in [-0.2, -0.15) is 0 Å². The van der Waals surface area contributed by atoms with Crippen LogP contribution in [0.2, 0.25) is 0 Å². The highest BCUT2D eigenvalue weighted by atomic mass is 16.1. The minimum Gasteiger partial charge on any atom is -0.366 e. The number of hydrogen-bond donors (Lipinski definition) is 1. The Morgan fingerprint density at radius 2 is 1.84 bits per heavy atom. The maximum absolute atomic E-state index is 11.6. The second-order valence-electron chi connectivity index (χ2n) is 6.19. The Bertz CT molecular complexity index is 811. The smallest absolute Gasteiger partial charge is 0.224 e. The molecule has 0 bridgehead atoms. The highest BCUT2D eigenvalue weighted by molar-refractivity contribution is 5.92. The molecule has 0 unspecified atom stereocenters. The number of nitrogens with zero attached hydrogens (tertiary/aromatic N) is 1. The Morgan fingerprint density at radius 3 is 2.60 bits per heavy atom. The lowest BCUT2D eigenvalue weighted by Gasteiger charge is -2.32. The molecule has 0 spiro atoms. The van der Waals surface area contributed by atoms with Crippen molar-refractivity contribution < 1.29 is 9.59 Å². The zero-order chi connectivity index (χ0) is 17.6. The van der Waals surface area contributed by atoms with Crippen LogP contribution in [0.15, 0.2) is 54.1 Å². The van der Waals surface area contributed by atoms with Crippen molar-refractivity contribution in [3.8, 4) is 0 Å². The highest BCUT2D eigenvalue weighted by Gasteiger charge is 2.18. The maximum Gasteiger partial charge on any atom is 0.224 e. The van der Waals surface area contributed by atoms with Crippen LogP contribution in [0.5, 0.6) is 0 Å². The Kier molecular flexibility index (Phi) is 5.29. The predicted molar refractivity (Wildman–Crippen MR) is 100 cm³/mol. The monoisotopic (exact) mass is 334 g/mol. The van der Waals surface area contributed by atoms with E-state index in [1.807, 2.05) is 24.3 Å². The number of carbonyl (C=O) groups excluding carboxylic acids is 2. The van der Waals surface area contributed by atoms with Crippen molar-refractivity contribution in [2.45, 2.75) is 19.4 Å². The summed E-state index contributed by atoms with van der Waals surface area (Å²) in [4.78, 5) is 25.3. The Hall–Kier alpha value is -2.88. The van der Waals surface area contributed by atoms with Crippen molar-refractivity contribution in [3.05, 3.63) is 70.8 Å². The molecule has 4 heteroatoms. The normalized spacial score (nSPS) is 14.0. The van der Waals surface area contributed by atoms with Crippen LogP contribution >= 0.6 is 0 Å². The summed E-state index contributed by atoms with van der Waals surface area (Å²) in [5.41, 5.74) is 5.28. The van der Waals surface area contributed by atoms with E-state index < -0.39 is 0 Å². The summed E-state index contributed by atoms with van der Waals surface area (Å²) in [7, 11) is 1.57. The first-order valence-corrected chi connectivity index (χ1v) is 8.48. The third-order valence-corrected chi connectivity index (χ3v) is 4.54. The molecule has 0 aliphatic carbocycles. The number of benzene rings is 2. The SMILES string of the molecule is CNC(=O)C/C(C=O)=C\c1ccccc1N1CCc2ccccc2C1. The largest absolute Gasteiger partial charge is 0.366 e. The molecule has 1 amide bonds. The molecule has 2 aromatic carbocycles. The molecule has 0 saturated carbocycles. The summed E-state index contributed by atoms with van der Waals surface area (Å²) in [6.07, 6.45) is 3.68. The van der Waals surface area contributed by atoms with Gasteiger partial charge >= 0.3 is 0 Å². The molecular weight excluding hydrogens is 312 g/mol. The molecule has 2 aromatic rings. The van der Waals surface area contributed by atoms with E-state index in [1.165, 1.54) is 11.1 Å². The molecule has 1 aliphatic heterocycles. The van der Waals surface area contributed by atoms with Gasteiger partial charge in [0.1, 0.15) is 6.29 Å². The number of anilines is 1. The fourth-order valence-electron chi connectivity index (χ4n) is 3.20. The maximum atomic E-state index is 11.6. The first-order chi connectivity index (χ1) is 12.2. The van der Waals surface area contributed by atoms with Crippen LogP contribution in [0, 0.1) is 0 Å². The van der Waals surface area contributed by atoms with E-state index >= 15 is 0 Å². The summed E-state index contributed by atoms with van der Waals surface area (Å²) in [5, 5.41) is 2.56. The fraction of sp³-hybridized carbons (Fsp3) is 0.238. The zero-order valence-corrected chi connectivity index (χ0v) is 14.4. The van der Waals surface area contributed by atoms with Crippen molar-refractivity contribution in [3.63, 3.8) is 0 Å². The molecule has 25 heavy (non-hydrogen) atoms. The number of rotatable bonds is 5. The molecule has 0 fully saturated rings. The van der Waals surface area contributed by atoms with Gasteiger partial charge in [0.25, 0.3) is 0 Å². The molecule has 3 rings (SSSR count). The van der Waals surface area contributed by atoms with Gasteiger partial charge in [-0.05, 0) is 35.3 Å². The van der Waals surface area contributed by atoms with E-state index in [0.717, 1.165) is 37.0 Å². The molecular formula is C21H22N2O2. The molecule has 128 valence electrons. The Balaban J connectivity index is 1.89. The van der Waals surface area contributed by atoms with E-state index in [2.05, 4.69) is 40.5 Å². The van der Waals surface area contributed by atoms with Crippen molar-refractivity contribution in [2.75, 3.05) is 18.5 Å². The quantitative estimate of drug-likeness (QED) is 0.675. The van der Waals surface area contributed by atoms with Gasteiger partial charge < -0.3 is 10.2 Å². The van der Waals surface area contributed by atoms with E-state index in [0.29, 0.717) is 5.57 Å². The number of aldehydes is 1. The van der Waals surface area contributed by atoms with Crippen LogP contribution < -0.4 is 10.2 Å². The van der Waals surface area contributed by atoms with Crippen molar-refractivity contribution in [1.82, 2.24) is 5.32 Å². The minimum absolute atomic E-state index is 0.0944. The average Bonchev–Trinajstić information content (AvgIpc) is 2.67. The van der Waals surface area contributed by atoms with Crippen molar-refractivity contribution in [1.29, 1.82) is 0 Å². The van der Waals surface area contributed by atoms with E-state index in [-0.39, 0.29) is 12.3 Å². The highest BCUT2D eigenvalue weighted by Crippen LogP contribution is 2.28. The van der Waals surface area contributed by atoms with Gasteiger partial charge in [-0.1, -0.05) is 42.5 Å². The molecule has 1 heterocycles. The first-order valence-electron chi connectivity index (χ1n) is 8.48. The molecule has 0 atom stereocenters. The van der Waals surface area contributed by atoms with Gasteiger partial charge in [-0.25, -0.2) is 0 Å². The molecule has 0 saturated heterocycles. The lowest BCUT2D eigenvalue weighted by Crippen LogP contribution is -2.30. The van der Waals surface area contributed by atoms with Gasteiger partial charge in [0.05, 0.1) is 6.42 Å². The predicted octanol–water partition coefficient (Wildman–Crippen LogP) is 2.97. The van der Waals surface area contributed by atoms with Gasteiger partial charge in [0.2, 0.25) is 5.91 Å². The van der Waals surface area contributed by atoms with Gasteiger partial charge in [0.15, 0.2) is 0 Å². The lowest BCUT2D eigenvalue weighted by molar-refractivity contribution is -0.120. The number of hydrogen-bond acceptors (Lipinski definition) is 3. The number of amides is 1. The molecule has 1 N–H and O–H groups in total. The van der Waals surface area contributed by atoms with Gasteiger partial charge in [-0.15, -0.1) is 0 Å². The van der Waals surface area contributed by atoms with E-state index in [1.54, 1.807) is 7.05 Å². The van der Waals surface area contributed by atoms with Crippen LogP contribution in [-0.4, -0.2) is 25.8 Å². The molecule has 4 nitrogen and oxygen atoms in total. The second kappa shape index (κ2) is 7.79.